The molecule has 0 amide bonds. The largest absolute Gasteiger partial charge is 0.478 e. The Morgan fingerprint density at radius 3 is 2.50 bits per heavy atom. The van der Waals surface area contributed by atoms with E-state index in [4.69, 9.17) is 10.5 Å². The number of rotatable bonds is 2. The minimum absolute atomic E-state index is 0.424. The van der Waals surface area contributed by atoms with Crippen molar-refractivity contribution in [2.24, 2.45) is 0 Å². The summed E-state index contributed by atoms with van der Waals surface area (Å²) in [5.41, 5.74) is 8.12. The lowest BCUT2D eigenvalue weighted by atomic mass is 10.3. The van der Waals surface area contributed by atoms with E-state index in [0.717, 1.165) is 11.4 Å². The molecule has 0 bridgehead atoms. The number of nitrogen functional groups attached to an aromatic ring is 1. The summed E-state index contributed by atoms with van der Waals surface area (Å²) in [6.45, 7) is 3.73. The van der Waals surface area contributed by atoms with E-state index in [9.17, 15) is 0 Å². The van der Waals surface area contributed by atoms with Crippen LogP contribution in [0.4, 0.5) is 5.69 Å². The number of hydrogen-bond acceptors (Lipinski definition) is 5. The standard InChI is InChI=1S/C10H13N5O/c1-6-8(11)7(2)15(14-6)9-10(16-3)13-5-4-12-9/h4-5H,11H2,1-3H3. The molecule has 6 heteroatoms. The number of aryl methyl sites for hydroxylation is 1. The lowest BCUT2D eigenvalue weighted by Crippen LogP contribution is -2.06. The second-order valence-electron chi connectivity index (χ2n) is 3.39. The van der Waals surface area contributed by atoms with Gasteiger partial charge >= 0.3 is 0 Å². The van der Waals surface area contributed by atoms with Crippen LogP contribution in [-0.4, -0.2) is 26.9 Å². The summed E-state index contributed by atoms with van der Waals surface area (Å²) in [5, 5.41) is 4.30. The molecule has 6 nitrogen and oxygen atoms in total. The van der Waals surface area contributed by atoms with Gasteiger partial charge in [-0.25, -0.2) is 14.6 Å². The Morgan fingerprint density at radius 1 is 1.25 bits per heavy atom. The van der Waals surface area contributed by atoms with Crippen molar-refractivity contribution in [2.75, 3.05) is 12.8 Å². The molecular weight excluding hydrogens is 206 g/mol. The molecular formula is C10H13N5O. The predicted octanol–water partition coefficient (Wildman–Crippen LogP) is 0.870. The van der Waals surface area contributed by atoms with Crippen LogP contribution in [-0.2, 0) is 0 Å². The first-order valence-corrected chi connectivity index (χ1v) is 4.82. The minimum atomic E-state index is 0.424. The van der Waals surface area contributed by atoms with E-state index in [1.54, 1.807) is 24.2 Å². The van der Waals surface area contributed by atoms with Gasteiger partial charge in [0.2, 0.25) is 5.82 Å². The smallest absolute Gasteiger partial charge is 0.259 e. The highest BCUT2D eigenvalue weighted by atomic mass is 16.5. The molecule has 0 unspecified atom stereocenters. The van der Waals surface area contributed by atoms with Gasteiger partial charge in [0, 0.05) is 12.4 Å². The van der Waals surface area contributed by atoms with Crippen molar-refractivity contribution in [1.82, 2.24) is 19.7 Å². The Hall–Kier alpha value is -2.11. The molecule has 2 heterocycles. The summed E-state index contributed by atoms with van der Waals surface area (Å²) in [6.07, 6.45) is 3.15. The van der Waals surface area contributed by atoms with Crippen molar-refractivity contribution in [2.45, 2.75) is 13.8 Å². The van der Waals surface area contributed by atoms with E-state index in [1.807, 2.05) is 13.8 Å². The number of hydrogen-bond donors (Lipinski definition) is 1. The zero-order valence-corrected chi connectivity index (χ0v) is 9.43. The topological polar surface area (TPSA) is 78.9 Å². The maximum atomic E-state index is 5.86. The van der Waals surface area contributed by atoms with Gasteiger partial charge in [0.05, 0.1) is 24.2 Å². The van der Waals surface area contributed by atoms with Crippen LogP contribution < -0.4 is 10.5 Å². The van der Waals surface area contributed by atoms with Crippen molar-refractivity contribution < 1.29 is 4.74 Å². The van der Waals surface area contributed by atoms with Crippen molar-refractivity contribution in [3.8, 4) is 11.7 Å². The van der Waals surface area contributed by atoms with E-state index < -0.39 is 0 Å². The second kappa shape index (κ2) is 3.80. The van der Waals surface area contributed by atoms with Crippen molar-refractivity contribution in [1.29, 1.82) is 0 Å². The van der Waals surface area contributed by atoms with Gasteiger partial charge in [-0.1, -0.05) is 0 Å². The van der Waals surface area contributed by atoms with Crippen LogP contribution in [0.25, 0.3) is 5.82 Å². The molecule has 84 valence electrons. The fourth-order valence-electron chi connectivity index (χ4n) is 1.47. The molecule has 2 aromatic rings. The van der Waals surface area contributed by atoms with Gasteiger partial charge in [0.1, 0.15) is 0 Å². The summed E-state index contributed by atoms with van der Waals surface area (Å²) >= 11 is 0. The first-order valence-electron chi connectivity index (χ1n) is 4.82. The van der Waals surface area contributed by atoms with E-state index in [1.165, 1.54) is 0 Å². The normalized spacial score (nSPS) is 10.4. The van der Waals surface area contributed by atoms with Gasteiger partial charge in [0.25, 0.3) is 5.88 Å². The molecule has 0 atom stereocenters. The highest BCUT2D eigenvalue weighted by molar-refractivity contribution is 5.50. The van der Waals surface area contributed by atoms with Crippen LogP contribution in [0.15, 0.2) is 12.4 Å². The van der Waals surface area contributed by atoms with Crippen LogP contribution in [0.2, 0.25) is 0 Å². The van der Waals surface area contributed by atoms with Crippen LogP contribution >= 0.6 is 0 Å². The van der Waals surface area contributed by atoms with E-state index >= 15 is 0 Å². The van der Waals surface area contributed by atoms with Gasteiger partial charge in [-0.05, 0) is 13.8 Å². The number of nitrogens with zero attached hydrogens (tertiary/aromatic N) is 4. The van der Waals surface area contributed by atoms with E-state index in [-0.39, 0.29) is 0 Å². The van der Waals surface area contributed by atoms with Crippen molar-refractivity contribution in [3.63, 3.8) is 0 Å². The third-order valence-electron chi connectivity index (χ3n) is 2.39. The first-order chi connectivity index (χ1) is 7.65. The highest BCUT2D eigenvalue weighted by Crippen LogP contribution is 2.22. The Balaban J connectivity index is 2.63. The molecule has 0 aliphatic carbocycles. The van der Waals surface area contributed by atoms with Gasteiger partial charge in [-0.2, -0.15) is 5.10 Å². The van der Waals surface area contributed by atoms with E-state index in [2.05, 4.69) is 15.1 Å². The predicted molar refractivity (Wildman–Crippen MR) is 59.6 cm³/mol. The molecule has 0 spiro atoms. The van der Waals surface area contributed by atoms with Gasteiger partial charge in [-0.15, -0.1) is 0 Å². The summed E-state index contributed by atoms with van der Waals surface area (Å²) in [7, 11) is 1.54. The van der Waals surface area contributed by atoms with Crippen molar-refractivity contribution >= 4 is 5.69 Å². The fourth-order valence-corrected chi connectivity index (χ4v) is 1.47. The average molecular weight is 219 g/mol. The van der Waals surface area contributed by atoms with Gasteiger partial charge in [-0.3, -0.25) is 0 Å². The Labute approximate surface area is 93.1 Å². The molecule has 0 aliphatic heterocycles. The molecule has 2 N–H and O–H groups in total. The molecule has 0 fully saturated rings. The quantitative estimate of drug-likeness (QED) is 0.810. The first kappa shape index (κ1) is 10.4. The summed E-state index contributed by atoms with van der Waals surface area (Å²) in [4.78, 5) is 8.26. The highest BCUT2D eigenvalue weighted by Gasteiger charge is 2.14. The van der Waals surface area contributed by atoms with Gasteiger partial charge < -0.3 is 10.5 Å². The molecule has 2 aromatic heterocycles. The Kier molecular flexibility index (Phi) is 2.47. The SMILES string of the molecule is COc1nccnc1-n1nc(C)c(N)c1C. The number of ether oxygens (including phenoxy) is 1. The lowest BCUT2D eigenvalue weighted by Gasteiger charge is -2.06. The third-order valence-corrected chi connectivity index (χ3v) is 2.39. The molecule has 16 heavy (non-hydrogen) atoms. The zero-order chi connectivity index (χ0) is 11.7. The number of anilines is 1. The summed E-state index contributed by atoms with van der Waals surface area (Å²) < 4.78 is 6.76. The van der Waals surface area contributed by atoms with Crippen molar-refractivity contribution in [3.05, 3.63) is 23.8 Å². The minimum Gasteiger partial charge on any atom is -0.478 e. The number of nitrogens with two attached hydrogens (primary N) is 1. The van der Waals surface area contributed by atoms with Crippen LogP contribution in [0.1, 0.15) is 11.4 Å². The molecule has 0 saturated heterocycles. The maximum Gasteiger partial charge on any atom is 0.259 e. The second-order valence-corrected chi connectivity index (χ2v) is 3.39. The lowest BCUT2D eigenvalue weighted by molar-refractivity contribution is 0.391. The summed E-state index contributed by atoms with van der Waals surface area (Å²) in [5.74, 6) is 0.968. The van der Waals surface area contributed by atoms with Crippen LogP contribution in [0.3, 0.4) is 0 Å². The van der Waals surface area contributed by atoms with Gasteiger partial charge in [0.15, 0.2) is 0 Å². The Morgan fingerprint density at radius 2 is 1.94 bits per heavy atom. The molecule has 2 rings (SSSR count). The molecule has 0 aliphatic rings. The van der Waals surface area contributed by atoms with E-state index in [0.29, 0.717) is 17.4 Å². The third kappa shape index (κ3) is 1.48. The average Bonchev–Trinajstić information content (AvgIpc) is 2.57. The molecule has 0 aromatic carbocycles. The Bertz CT molecular complexity index is 520. The number of methoxy groups -OCH3 is 1. The molecule has 0 radical (unpaired) electrons. The monoisotopic (exact) mass is 219 g/mol. The zero-order valence-electron chi connectivity index (χ0n) is 9.43. The molecule has 0 saturated carbocycles. The van der Waals surface area contributed by atoms with Crippen LogP contribution in [0.5, 0.6) is 5.88 Å². The fraction of sp³-hybridized carbons (Fsp3) is 0.300. The number of aromatic nitrogens is 4. The van der Waals surface area contributed by atoms with Crippen LogP contribution in [0, 0.1) is 13.8 Å². The summed E-state index contributed by atoms with van der Waals surface area (Å²) in [6, 6.07) is 0. The maximum absolute atomic E-state index is 5.86.